The van der Waals surface area contributed by atoms with E-state index in [9.17, 15) is 20.1 Å². The van der Waals surface area contributed by atoms with Crippen LogP contribution in [0.5, 0.6) is 0 Å². The van der Waals surface area contributed by atoms with E-state index in [0.29, 0.717) is 37.0 Å². The highest BCUT2D eigenvalue weighted by atomic mass is 33.1. The Kier molecular flexibility index (Phi) is 13.2. The molecule has 81 heavy (non-hydrogen) atoms. The number of benzene rings is 3. The lowest BCUT2D eigenvalue weighted by Crippen LogP contribution is -2.71. The SMILES string of the molecule is C=C1CC[C@@H](C(=O)O)[C@H]2[C@H](O)C[C@@]34C[C@@H]5Cc6ccccc6CSSC[C@@H]6C3=C(C[C@H](C5)[C@]24C)[C@]23CC[C@H](O)[C@@]4(C)CC=C[C@]6(C=C5C(=c6ccccc6=C[C@H]52)Cc2cccc(c2)C2=CC=C(NCCC[C@H]1C1CCCCC1)NC2)[C@@H]43. The highest BCUT2D eigenvalue weighted by Gasteiger charge is 2.79. The number of carbonyl (C=O) groups is 1. The van der Waals surface area contributed by atoms with Crippen molar-refractivity contribution in [2.45, 2.75) is 147 Å². The molecule has 15 atom stereocenters. The standard InChI is InChI=1S/C73H86N2O4S2/c1-44-23-25-56(67(78)79)65-62(76)40-72-38-46-33-49-17-7-8-19-52(49)42-80-81-43-61-66(72)60(37-53(34-46)70(65,72)3)73-30-27-63(77)69(2)28-13-29-71(61,68(69)73)39-58-57(55-21-10-9-18-50(55)36-59(58)73)35-45-14-11-20-48(32-45)51-24-26-64(75-41-51)74-31-12-22-54(44)47-15-5-4-6-16-47/h7-11,13-14,17-21,24,26,29,32,36,39,46-47,53-54,56,59,61-63,65,68,74-77H,1,4-6,12,15-16,22-23,25,27-28,30-31,33-35,37-38,40-43H2,2-3H3,(H,78,79)/t46-,53+,54-,56-,59-,61-,62-,63+,65+,68-,69-,70-,71-,72+,73+/m1/s1. The van der Waals surface area contributed by atoms with Crippen LogP contribution in [-0.2, 0) is 23.4 Å². The molecule has 7 aliphatic heterocycles. The molecule has 19 rings (SSSR count). The lowest BCUT2D eigenvalue weighted by atomic mass is 9.28. The molecule has 16 aliphatic rings. The first-order chi connectivity index (χ1) is 39.4. The highest BCUT2D eigenvalue weighted by molar-refractivity contribution is 8.76. The van der Waals surface area contributed by atoms with E-state index in [4.69, 9.17) is 6.58 Å². The normalized spacial score (nSPS) is 40.6. The molecule has 3 spiro atoms. The van der Waals surface area contributed by atoms with E-state index in [-0.39, 0.29) is 40.4 Å². The lowest BCUT2D eigenvalue weighted by molar-refractivity contribution is -0.182. The molecular weight excluding hydrogens is 1030 g/mol. The molecule has 0 unspecified atom stereocenters. The molecule has 9 aliphatic carbocycles. The Balaban J connectivity index is 0.969. The molecule has 17 bridgehead atoms. The number of aliphatic hydroxyl groups is 2. The third kappa shape index (κ3) is 7.96. The van der Waals surface area contributed by atoms with Crippen molar-refractivity contribution in [2.75, 3.05) is 18.8 Å². The monoisotopic (exact) mass is 1120 g/mol. The Hall–Kier alpha value is -4.47. The third-order valence-corrected chi connectivity index (χ3v) is 27.5. The molecule has 8 heteroatoms. The number of aliphatic hydroxyl groups excluding tert-OH is 2. The fourth-order valence-corrected chi connectivity index (χ4v) is 24.5. The molecule has 4 fully saturated rings. The molecule has 0 radical (unpaired) electrons. The fourth-order valence-electron chi connectivity index (χ4n) is 22.0. The van der Waals surface area contributed by atoms with Crippen LogP contribution in [0.4, 0.5) is 0 Å². The van der Waals surface area contributed by atoms with Crippen molar-refractivity contribution in [1.82, 2.24) is 10.6 Å². The zero-order valence-corrected chi connectivity index (χ0v) is 49.7. The Morgan fingerprint density at radius 2 is 1.69 bits per heavy atom. The molecule has 0 amide bonds. The van der Waals surface area contributed by atoms with Crippen LogP contribution in [0.2, 0.25) is 0 Å². The molecule has 0 aromatic heterocycles. The average molecular weight is 1120 g/mol. The van der Waals surface area contributed by atoms with Crippen molar-refractivity contribution in [3.05, 3.63) is 171 Å². The summed E-state index contributed by atoms with van der Waals surface area (Å²) in [6.07, 6.45) is 31.7. The molecular formula is C73H86N2O4S2. The van der Waals surface area contributed by atoms with Crippen LogP contribution in [0.15, 0.2) is 138 Å². The van der Waals surface area contributed by atoms with Crippen LogP contribution in [-0.4, -0.2) is 52.3 Å². The minimum Gasteiger partial charge on any atom is -0.481 e. The summed E-state index contributed by atoms with van der Waals surface area (Å²) in [6, 6.07) is 27.9. The second kappa shape index (κ2) is 20.1. The second-order valence-corrected chi connectivity index (χ2v) is 31.0. The van der Waals surface area contributed by atoms with Crippen molar-refractivity contribution in [3.8, 4) is 0 Å². The van der Waals surface area contributed by atoms with Crippen LogP contribution in [0, 0.1) is 80.3 Å². The van der Waals surface area contributed by atoms with E-state index in [1.54, 1.807) is 11.1 Å². The van der Waals surface area contributed by atoms with Gasteiger partial charge in [-0.25, -0.2) is 0 Å². The van der Waals surface area contributed by atoms with Crippen LogP contribution in [0.25, 0.3) is 17.2 Å². The molecule has 424 valence electrons. The predicted molar refractivity (Wildman–Crippen MR) is 332 cm³/mol. The average Bonchev–Trinajstić information content (AvgIpc) is 1.78. The second-order valence-electron chi connectivity index (χ2n) is 28.5. The Labute approximate surface area is 489 Å². The number of nitrogens with one attached hydrogen (secondary N) is 2. The van der Waals surface area contributed by atoms with E-state index >= 15 is 0 Å². The molecule has 3 aromatic rings. The molecule has 4 saturated carbocycles. The molecule has 5 N–H and O–H groups in total. The molecule has 7 heterocycles. The number of hydrogen-bond acceptors (Lipinski definition) is 7. The maximum absolute atomic E-state index is 14.6. The minimum atomic E-state index is -0.737. The number of hydrogen-bond donors (Lipinski definition) is 5. The summed E-state index contributed by atoms with van der Waals surface area (Å²) in [5.74, 6) is 3.12. The molecule has 3 aromatic carbocycles. The van der Waals surface area contributed by atoms with Crippen molar-refractivity contribution in [3.63, 3.8) is 0 Å². The van der Waals surface area contributed by atoms with Gasteiger partial charge in [-0.15, -0.1) is 0 Å². The summed E-state index contributed by atoms with van der Waals surface area (Å²) in [6.45, 7) is 11.6. The van der Waals surface area contributed by atoms with Gasteiger partial charge in [-0.05, 0) is 187 Å². The summed E-state index contributed by atoms with van der Waals surface area (Å²) in [5.41, 5.74) is 12.4. The van der Waals surface area contributed by atoms with E-state index in [1.807, 2.05) is 10.8 Å². The van der Waals surface area contributed by atoms with Crippen LogP contribution in [0.3, 0.4) is 0 Å². The fraction of sp³-hybridized carbons (Fsp3) is 0.548. The quantitative estimate of drug-likeness (QED) is 0.128. The predicted octanol–water partition coefficient (Wildman–Crippen LogP) is 13.5. The number of carboxylic acids is 1. The number of aliphatic carboxylic acids is 1. The van der Waals surface area contributed by atoms with E-state index in [1.165, 1.54) is 87.1 Å². The third-order valence-electron chi connectivity index (χ3n) is 25.1. The van der Waals surface area contributed by atoms with Crippen molar-refractivity contribution in [1.29, 1.82) is 0 Å². The lowest BCUT2D eigenvalue weighted by Gasteiger charge is -2.76. The number of fused-ring (bicyclic) bond motifs is 3. The van der Waals surface area contributed by atoms with Crippen molar-refractivity contribution < 1.29 is 20.1 Å². The highest BCUT2D eigenvalue weighted by Crippen LogP contribution is 2.84. The number of allylic oxidation sites excluding steroid dienone is 9. The smallest absolute Gasteiger partial charge is 0.306 e. The number of dihydropyridines is 1. The maximum Gasteiger partial charge on any atom is 0.306 e. The summed E-state index contributed by atoms with van der Waals surface area (Å²) < 4.78 is 0. The van der Waals surface area contributed by atoms with Crippen molar-refractivity contribution >= 4 is 44.8 Å². The van der Waals surface area contributed by atoms with Gasteiger partial charge in [0.15, 0.2) is 0 Å². The van der Waals surface area contributed by atoms with Crippen LogP contribution >= 0.6 is 21.6 Å². The van der Waals surface area contributed by atoms with Gasteiger partial charge in [-0.3, -0.25) is 4.79 Å². The summed E-state index contributed by atoms with van der Waals surface area (Å²) in [4.78, 5) is 14.6. The number of carboxylic acid groups (broad SMARTS) is 1. The van der Waals surface area contributed by atoms with Gasteiger partial charge >= 0.3 is 5.97 Å². The molecule has 6 nitrogen and oxygen atoms in total. The van der Waals surface area contributed by atoms with E-state index in [2.05, 4.69) is 145 Å². The Morgan fingerprint density at radius 1 is 0.852 bits per heavy atom. The van der Waals surface area contributed by atoms with Crippen LogP contribution < -0.4 is 21.1 Å². The van der Waals surface area contributed by atoms with Crippen LogP contribution in [0.1, 0.15) is 139 Å². The van der Waals surface area contributed by atoms with Gasteiger partial charge < -0.3 is 26.0 Å². The summed E-state index contributed by atoms with van der Waals surface area (Å²) in [7, 11) is 4.08. The van der Waals surface area contributed by atoms with Gasteiger partial charge in [0.25, 0.3) is 0 Å². The first kappa shape index (κ1) is 53.3. The Morgan fingerprint density at radius 3 is 2.53 bits per heavy atom. The largest absolute Gasteiger partial charge is 0.481 e. The summed E-state index contributed by atoms with van der Waals surface area (Å²) in [5, 5.41) is 48.5. The first-order valence-electron chi connectivity index (χ1n) is 31.9. The number of rotatable bonds is 2. The van der Waals surface area contributed by atoms with Gasteiger partial charge in [0.2, 0.25) is 0 Å². The van der Waals surface area contributed by atoms with Gasteiger partial charge in [-0.2, -0.15) is 0 Å². The zero-order chi connectivity index (χ0) is 55.0. The van der Waals surface area contributed by atoms with Gasteiger partial charge in [0, 0.05) is 64.0 Å². The minimum absolute atomic E-state index is 0.106. The Bertz CT molecular complexity index is 3380. The van der Waals surface area contributed by atoms with E-state index in [0.717, 1.165) is 94.6 Å². The first-order valence-corrected chi connectivity index (χ1v) is 34.4. The van der Waals surface area contributed by atoms with E-state index < -0.39 is 40.3 Å². The van der Waals surface area contributed by atoms with Gasteiger partial charge in [0.05, 0.1) is 23.9 Å². The zero-order valence-electron chi connectivity index (χ0n) is 48.1. The van der Waals surface area contributed by atoms with Gasteiger partial charge in [0.1, 0.15) is 0 Å². The van der Waals surface area contributed by atoms with Gasteiger partial charge in [-0.1, -0.05) is 181 Å². The maximum atomic E-state index is 14.6. The topological polar surface area (TPSA) is 102 Å². The van der Waals surface area contributed by atoms with Crippen molar-refractivity contribution in [2.24, 2.45) is 80.3 Å². The molecule has 0 saturated heterocycles. The summed E-state index contributed by atoms with van der Waals surface area (Å²) >= 11 is 0.